The summed E-state index contributed by atoms with van der Waals surface area (Å²) in [5.74, 6) is -0.400. The van der Waals surface area contributed by atoms with E-state index in [0.29, 0.717) is 17.8 Å². The highest BCUT2D eigenvalue weighted by Gasteiger charge is 2.54. The van der Waals surface area contributed by atoms with Crippen molar-refractivity contribution in [3.8, 4) is 0 Å². The smallest absolute Gasteiger partial charge is 0.322 e. The molecule has 7 N–H and O–H groups in total. The Morgan fingerprint density at radius 3 is 2.79 bits per heavy atom. The topological polar surface area (TPSA) is 214 Å². The van der Waals surface area contributed by atoms with Gasteiger partial charge in [0, 0.05) is 6.61 Å². The SMILES string of the molecule is CCOC1O[C@@H]2[C@H](O1)[C@@H](COP([O-])(=S)N[C@@H](C)C(=O)OC)O[C@H]2n1cnc2c(N)ncnc21.[NH4+]. The van der Waals surface area contributed by atoms with Gasteiger partial charge < -0.3 is 45.0 Å². The molecule has 0 bridgehead atoms. The van der Waals surface area contributed by atoms with Crippen molar-refractivity contribution in [1.82, 2.24) is 30.8 Å². The van der Waals surface area contributed by atoms with Crippen LogP contribution in [0.5, 0.6) is 0 Å². The first kappa shape index (κ1) is 26.7. The average molecular weight is 521 g/mol. The first-order chi connectivity index (χ1) is 15.7. The maximum absolute atomic E-state index is 12.7. The third-order valence-electron chi connectivity index (χ3n) is 5.10. The number of nitrogens with zero attached hydrogens (tertiary/aromatic N) is 4. The van der Waals surface area contributed by atoms with E-state index in [0.717, 1.165) is 0 Å². The molecule has 4 rings (SSSR count). The van der Waals surface area contributed by atoms with E-state index in [9.17, 15) is 9.69 Å². The number of nitrogen functional groups attached to an aromatic ring is 1. The van der Waals surface area contributed by atoms with Crippen LogP contribution in [0.25, 0.3) is 11.2 Å². The van der Waals surface area contributed by atoms with Crippen LogP contribution in [0.3, 0.4) is 0 Å². The maximum Gasteiger partial charge on any atom is 0.322 e. The van der Waals surface area contributed by atoms with Crippen molar-refractivity contribution < 1.29 is 37.9 Å². The molecule has 15 nitrogen and oxygen atoms in total. The minimum atomic E-state index is -3.79. The number of hydrogen-bond acceptors (Lipinski definition) is 13. The van der Waals surface area contributed by atoms with Gasteiger partial charge in [0.05, 0.1) is 26.7 Å². The highest BCUT2D eigenvalue weighted by molar-refractivity contribution is 8.07. The van der Waals surface area contributed by atoms with Gasteiger partial charge in [-0.05, 0) is 13.8 Å². The molecule has 0 aliphatic carbocycles. The number of fused-ring (bicyclic) bond motifs is 2. The summed E-state index contributed by atoms with van der Waals surface area (Å²) in [6.45, 7) is -1.27. The van der Waals surface area contributed by atoms with Crippen molar-refractivity contribution in [2.45, 2.75) is 50.9 Å². The lowest BCUT2D eigenvalue weighted by Crippen LogP contribution is -2.38. The van der Waals surface area contributed by atoms with Crippen LogP contribution in [0.2, 0.25) is 0 Å². The molecule has 0 aromatic carbocycles. The van der Waals surface area contributed by atoms with Gasteiger partial charge in [0.1, 0.15) is 36.2 Å². The Kier molecular flexibility index (Phi) is 8.51. The van der Waals surface area contributed by atoms with E-state index in [1.54, 1.807) is 11.5 Å². The van der Waals surface area contributed by atoms with Gasteiger partial charge in [0.25, 0.3) is 6.48 Å². The Morgan fingerprint density at radius 2 is 2.09 bits per heavy atom. The number of carbonyl (C=O) groups excluding carboxylic acids is 1. The summed E-state index contributed by atoms with van der Waals surface area (Å²) < 4.78 is 35.0. The minimum Gasteiger partial charge on any atom is -0.789 e. The molecular weight excluding hydrogens is 493 g/mol. The first-order valence-electron chi connectivity index (χ1n) is 10.1. The largest absolute Gasteiger partial charge is 0.789 e. The third kappa shape index (κ3) is 5.36. The predicted octanol–water partition coefficient (Wildman–Crippen LogP) is -0.461. The molecule has 2 aromatic heterocycles. The molecule has 4 heterocycles. The number of aromatic nitrogens is 4. The molecule has 34 heavy (non-hydrogen) atoms. The van der Waals surface area contributed by atoms with E-state index in [2.05, 4.69) is 24.8 Å². The lowest BCUT2D eigenvalue weighted by molar-refractivity contribution is -0.266. The molecular formula is C17H28N7O8PS. The summed E-state index contributed by atoms with van der Waals surface area (Å²) >= 11 is 5.01. The van der Waals surface area contributed by atoms with Crippen molar-refractivity contribution >= 4 is 41.4 Å². The molecule has 0 amide bonds. The number of methoxy groups -OCH3 is 1. The lowest BCUT2D eigenvalue weighted by atomic mass is 10.1. The van der Waals surface area contributed by atoms with Gasteiger partial charge in [-0.2, -0.15) is 0 Å². The zero-order chi connectivity index (χ0) is 23.8. The number of ether oxygens (including phenoxy) is 5. The Balaban J connectivity index is 0.00000324. The molecule has 2 saturated heterocycles. The Labute approximate surface area is 200 Å². The molecule has 2 fully saturated rings. The van der Waals surface area contributed by atoms with E-state index in [1.165, 1.54) is 26.7 Å². The molecule has 2 unspecified atom stereocenters. The van der Waals surface area contributed by atoms with Crippen molar-refractivity contribution in [2.75, 3.05) is 26.1 Å². The zero-order valence-electron chi connectivity index (χ0n) is 19.0. The van der Waals surface area contributed by atoms with Gasteiger partial charge in [-0.1, -0.05) is 11.8 Å². The van der Waals surface area contributed by atoms with Gasteiger partial charge in [-0.15, -0.1) is 0 Å². The zero-order valence-corrected chi connectivity index (χ0v) is 20.7. The van der Waals surface area contributed by atoms with Gasteiger partial charge in [-0.3, -0.25) is 14.4 Å². The second-order valence-electron chi connectivity index (χ2n) is 7.26. The van der Waals surface area contributed by atoms with E-state index < -0.39 is 49.7 Å². The quantitative estimate of drug-likeness (QED) is 0.281. The monoisotopic (exact) mass is 521 g/mol. The van der Waals surface area contributed by atoms with E-state index in [1.807, 2.05) is 0 Å². The van der Waals surface area contributed by atoms with Crippen molar-refractivity contribution in [2.24, 2.45) is 0 Å². The average Bonchev–Trinajstić information content (AvgIpc) is 3.46. The summed E-state index contributed by atoms with van der Waals surface area (Å²) in [7, 11) is 1.22. The standard InChI is InChI=1S/C17H25N6O8PS.H3N/c1-4-27-17-30-11-9(5-28-32(25,33)22-8(2)16(24)26-3)29-15(12(11)31-17)23-7-21-10-13(18)19-6-20-14(10)23;/h6-9,11-12,15,17H,4-5H2,1-3H3,(H2,18,19,20)(H2,22,25,33);1H3/t8-,9+,11+,12+,15+,17?,32?;/m0./s1. The fraction of sp³-hybridized carbons (Fsp3) is 0.647. The molecule has 0 saturated carbocycles. The second kappa shape index (κ2) is 10.8. The first-order valence-corrected chi connectivity index (χ1v) is 12.7. The second-order valence-corrected chi connectivity index (χ2v) is 10.2. The Hall–Kier alpha value is -1.85. The highest BCUT2D eigenvalue weighted by atomic mass is 32.5. The van der Waals surface area contributed by atoms with Crippen molar-refractivity contribution in [3.63, 3.8) is 0 Å². The fourth-order valence-electron chi connectivity index (χ4n) is 3.61. The number of anilines is 1. The summed E-state index contributed by atoms with van der Waals surface area (Å²) in [5.41, 5.74) is 6.74. The van der Waals surface area contributed by atoms with E-state index >= 15 is 0 Å². The van der Waals surface area contributed by atoms with Crippen LogP contribution in [0.15, 0.2) is 12.7 Å². The van der Waals surface area contributed by atoms with Crippen LogP contribution in [0.4, 0.5) is 5.82 Å². The van der Waals surface area contributed by atoms with Crippen LogP contribution in [0.1, 0.15) is 20.1 Å². The number of quaternary nitrogens is 1. The Bertz CT molecular complexity index is 1060. The normalized spacial score (nSPS) is 28.8. The van der Waals surface area contributed by atoms with Crippen molar-refractivity contribution in [3.05, 3.63) is 12.7 Å². The molecule has 0 radical (unpaired) electrons. The molecule has 17 heteroatoms. The molecule has 2 aliphatic heterocycles. The van der Waals surface area contributed by atoms with Gasteiger partial charge >= 0.3 is 5.97 Å². The lowest BCUT2D eigenvalue weighted by Gasteiger charge is -2.32. The predicted molar refractivity (Wildman–Crippen MR) is 120 cm³/mol. The van der Waals surface area contributed by atoms with Gasteiger partial charge in [0.15, 0.2) is 17.7 Å². The number of carbonyl (C=O) groups is 1. The summed E-state index contributed by atoms with van der Waals surface area (Å²) in [4.78, 5) is 36.7. The van der Waals surface area contributed by atoms with Crippen LogP contribution < -0.4 is 21.9 Å². The number of hydrogen-bond donors (Lipinski definition) is 3. The van der Waals surface area contributed by atoms with Crippen LogP contribution in [-0.4, -0.2) is 76.6 Å². The van der Waals surface area contributed by atoms with Gasteiger partial charge in [-0.25, -0.2) is 15.0 Å². The number of imidazole rings is 1. The molecule has 7 atom stereocenters. The highest BCUT2D eigenvalue weighted by Crippen LogP contribution is 2.42. The van der Waals surface area contributed by atoms with E-state index in [-0.39, 0.29) is 18.6 Å². The minimum absolute atomic E-state index is 0. The van der Waals surface area contributed by atoms with Crippen molar-refractivity contribution in [1.29, 1.82) is 0 Å². The molecule has 2 aliphatic rings. The van der Waals surface area contributed by atoms with E-state index in [4.69, 9.17) is 41.0 Å². The number of nitrogens with one attached hydrogen (secondary N) is 1. The summed E-state index contributed by atoms with van der Waals surface area (Å²) in [6, 6.07) is -0.917. The summed E-state index contributed by atoms with van der Waals surface area (Å²) in [5, 5.41) is 2.46. The molecule has 0 spiro atoms. The van der Waals surface area contributed by atoms with Crippen LogP contribution >= 0.6 is 6.64 Å². The third-order valence-corrected chi connectivity index (χ3v) is 6.93. The number of nitrogens with two attached hydrogens (primary N) is 1. The van der Waals surface area contributed by atoms with Gasteiger partial charge in [0.2, 0.25) is 0 Å². The molecule has 190 valence electrons. The number of rotatable bonds is 9. The number of esters is 1. The molecule has 2 aromatic rings. The maximum atomic E-state index is 12.7. The van der Waals surface area contributed by atoms with Crippen LogP contribution in [0, 0.1) is 0 Å². The van der Waals surface area contributed by atoms with Crippen LogP contribution in [-0.2, 0) is 44.8 Å². The summed E-state index contributed by atoms with van der Waals surface area (Å²) in [6.07, 6.45) is 0.134. The fourth-order valence-corrected chi connectivity index (χ4v) is 5.26. The Morgan fingerprint density at radius 1 is 1.35 bits per heavy atom.